The number of hydrogen-bond acceptors (Lipinski definition) is 6. The normalized spacial score (nSPS) is 9.91. The van der Waals surface area contributed by atoms with Gasteiger partial charge in [-0.2, -0.15) is 0 Å². The fourth-order valence-electron chi connectivity index (χ4n) is 1.69. The van der Waals surface area contributed by atoms with Crippen molar-refractivity contribution in [1.82, 2.24) is 4.98 Å². The summed E-state index contributed by atoms with van der Waals surface area (Å²) in [7, 11) is 2.81. The number of carbonyl (C=O) groups excluding carboxylic acids is 2. The highest BCUT2D eigenvalue weighted by atomic mass is 32.1. The van der Waals surface area contributed by atoms with Gasteiger partial charge in [-0.05, 0) is 12.1 Å². The van der Waals surface area contributed by atoms with E-state index < -0.39 is 6.09 Å². The average molecular weight is 321 g/mol. The quantitative estimate of drug-likeness (QED) is 0.883. The lowest BCUT2D eigenvalue weighted by molar-refractivity contribution is -0.115. The highest BCUT2D eigenvalue weighted by molar-refractivity contribution is 7.13. The third-order valence-corrected chi connectivity index (χ3v) is 3.48. The molecule has 8 heteroatoms. The highest BCUT2D eigenvalue weighted by Gasteiger charge is 2.11. The fourth-order valence-corrected chi connectivity index (χ4v) is 2.39. The summed E-state index contributed by atoms with van der Waals surface area (Å²) >= 11 is 1.22. The predicted octanol–water partition coefficient (Wildman–Crippen LogP) is 2.51. The molecular weight excluding hydrogens is 306 g/mol. The molecule has 0 aliphatic carbocycles. The van der Waals surface area contributed by atoms with Crippen LogP contribution in [-0.4, -0.2) is 31.2 Å². The number of methoxy groups -OCH3 is 2. The molecule has 1 aromatic heterocycles. The van der Waals surface area contributed by atoms with Gasteiger partial charge < -0.3 is 14.8 Å². The van der Waals surface area contributed by atoms with Gasteiger partial charge in [-0.3, -0.25) is 10.1 Å². The molecule has 0 aliphatic heterocycles. The molecular formula is C14H15N3O4S. The molecule has 0 aliphatic rings. The van der Waals surface area contributed by atoms with Crippen LogP contribution in [0.2, 0.25) is 0 Å². The van der Waals surface area contributed by atoms with E-state index in [1.54, 1.807) is 23.6 Å². The SMILES string of the molecule is COC(=O)Nc1nc(CC(=O)Nc2ccccc2OC)cs1. The van der Waals surface area contributed by atoms with Crippen LogP contribution in [0.3, 0.4) is 0 Å². The molecule has 2 amide bonds. The number of nitrogens with one attached hydrogen (secondary N) is 2. The van der Waals surface area contributed by atoms with Crippen LogP contribution in [-0.2, 0) is 16.0 Å². The van der Waals surface area contributed by atoms with Gasteiger partial charge in [0.15, 0.2) is 5.13 Å². The van der Waals surface area contributed by atoms with Gasteiger partial charge in [-0.15, -0.1) is 11.3 Å². The molecule has 2 N–H and O–H groups in total. The molecule has 2 rings (SSSR count). The summed E-state index contributed by atoms with van der Waals surface area (Å²) in [5.41, 5.74) is 1.15. The molecule has 0 bridgehead atoms. The Morgan fingerprint density at radius 2 is 2.00 bits per heavy atom. The Bertz CT molecular complexity index is 672. The van der Waals surface area contributed by atoms with Crippen molar-refractivity contribution < 1.29 is 19.1 Å². The number of carbonyl (C=O) groups is 2. The molecule has 22 heavy (non-hydrogen) atoms. The number of rotatable bonds is 5. The molecule has 0 saturated carbocycles. The Morgan fingerprint density at radius 3 is 2.73 bits per heavy atom. The Kier molecular flexibility index (Phi) is 5.31. The Balaban J connectivity index is 1.96. The van der Waals surface area contributed by atoms with Crippen molar-refractivity contribution in [2.75, 3.05) is 24.9 Å². The van der Waals surface area contributed by atoms with Gasteiger partial charge in [0.25, 0.3) is 0 Å². The van der Waals surface area contributed by atoms with Gasteiger partial charge in [0.05, 0.1) is 32.0 Å². The van der Waals surface area contributed by atoms with E-state index in [4.69, 9.17) is 4.74 Å². The number of ether oxygens (including phenoxy) is 2. The number of thiazole rings is 1. The van der Waals surface area contributed by atoms with Crippen molar-refractivity contribution >= 4 is 34.2 Å². The molecule has 2 aromatic rings. The van der Waals surface area contributed by atoms with Crippen LogP contribution in [0.25, 0.3) is 0 Å². The van der Waals surface area contributed by atoms with Crippen LogP contribution >= 0.6 is 11.3 Å². The Hall–Kier alpha value is -2.61. The monoisotopic (exact) mass is 321 g/mol. The molecule has 0 saturated heterocycles. The molecule has 7 nitrogen and oxygen atoms in total. The maximum atomic E-state index is 12.0. The molecule has 0 radical (unpaired) electrons. The van der Waals surface area contributed by atoms with E-state index >= 15 is 0 Å². The lowest BCUT2D eigenvalue weighted by Gasteiger charge is -2.08. The maximum absolute atomic E-state index is 12.0. The van der Waals surface area contributed by atoms with Crippen molar-refractivity contribution in [3.05, 3.63) is 35.3 Å². The first kappa shape index (κ1) is 15.8. The van der Waals surface area contributed by atoms with Crippen LogP contribution < -0.4 is 15.4 Å². The highest BCUT2D eigenvalue weighted by Crippen LogP contribution is 2.23. The van der Waals surface area contributed by atoms with Gasteiger partial charge in [-0.1, -0.05) is 12.1 Å². The smallest absolute Gasteiger partial charge is 0.413 e. The summed E-state index contributed by atoms with van der Waals surface area (Å²) in [6.07, 6.45) is -0.503. The molecule has 1 heterocycles. The molecule has 0 unspecified atom stereocenters. The van der Waals surface area contributed by atoms with Crippen LogP contribution in [0, 0.1) is 0 Å². The minimum absolute atomic E-state index is 0.0946. The second-order valence-corrected chi connectivity index (χ2v) is 5.04. The number of nitrogens with zero attached hydrogens (tertiary/aromatic N) is 1. The minimum atomic E-state index is -0.598. The van der Waals surface area contributed by atoms with Gasteiger partial charge in [0.1, 0.15) is 5.75 Å². The van der Waals surface area contributed by atoms with Crippen LogP contribution in [0.1, 0.15) is 5.69 Å². The predicted molar refractivity (Wildman–Crippen MR) is 83.5 cm³/mol. The third-order valence-electron chi connectivity index (χ3n) is 2.67. The summed E-state index contributed by atoms with van der Waals surface area (Å²) in [5.74, 6) is 0.363. The number of aromatic nitrogens is 1. The summed E-state index contributed by atoms with van der Waals surface area (Å²) in [6, 6.07) is 7.14. The summed E-state index contributed by atoms with van der Waals surface area (Å²) < 4.78 is 9.64. The summed E-state index contributed by atoms with van der Waals surface area (Å²) in [6.45, 7) is 0. The Morgan fingerprint density at radius 1 is 1.23 bits per heavy atom. The first-order chi connectivity index (χ1) is 10.6. The lowest BCUT2D eigenvalue weighted by Crippen LogP contribution is -2.15. The van der Waals surface area contributed by atoms with Crippen LogP contribution in [0.5, 0.6) is 5.75 Å². The van der Waals surface area contributed by atoms with Gasteiger partial charge in [0.2, 0.25) is 5.91 Å². The summed E-state index contributed by atoms with van der Waals surface area (Å²) in [4.78, 5) is 27.2. The number of anilines is 2. The molecule has 0 fully saturated rings. The van der Waals surface area contributed by atoms with Crippen molar-refractivity contribution in [3.8, 4) is 5.75 Å². The van der Waals surface area contributed by atoms with Crippen LogP contribution in [0.15, 0.2) is 29.6 Å². The number of benzene rings is 1. The molecule has 0 spiro atoms. The van der Waals surface area contributed by atoms with Crippen molar-refractivity contribution in [3.63, 3.8) is 0 Å². The van der Waals surface area contributed by atoms with E-state index in [0.29, 0.717) is 22.3 Å². The fraction of sp³-hybridized carbons (Fsp3) is 0.214. The maximum Gasteiger partial charge on any atom is 0.413 e. The van der Waals surface area contributed by atoms with Crippen LogP contribution in [0.4, 0.5) is 15.6 Å². The van der Waals surface area contributed by atoms with E-state index in [0.717, 1.165) is 0 Å². The summed E-state index contributed by atoms with van der Waals surface area (Å²) in [5, 5.41) is 7.29. The van der Waals surface area contributed by atoms with E-state index in [2.05, 4.69) is 20.4 Å². The lowest BCUT2D eigenvalue weighted by atomic mass is 10.2. The van der Waals surface area contributed by atoms with Gasteiger partial charge in [-0.25, -0.2) is 9.78 Å². The number of hydrogen-bond donors (Lipinski definition) is 2. The third kappa shape index (κ3) is 4.19. The molecule has 0 atom stereocenters. The van der Waals surface area contributed by atoms with E-state index in [1.165, 1.54) is 25.6 Å². The first-order valence-corrected chi connectivity index (χ1v) is 7.22. The number of para-hydroxylation sites is 2. The average Bonchev–Trinajstić information content (AvgIpc) is 2.94. The van der Waals surface area contributed by atoms with Gasteiger partial charge >= 0.3 is 6.09 Å². The van der Waals surface area contributed by atoms with Gasteiger partial charge in [0, 0.05) is 5.38 Å². The zero-order chi connectivity index (χ0) is 15.9. The standard InChI is InChI=1S/C14H15N3O4S/c1-20-11-6-4-3-5-10(11)16-12(18)7-9-8-22-13(15-9)17-14(19)21-2/h3-6,8H,7H2,1-2H3,(H,16,18)(H,15,17,19). The van der Waals surface area contributed by atoms with Crippen molar-refractivity contribution in [2.24, 2.45) is 0 Å². The van der Waals surface area contributed by atoms with E-state index in [9.17, 15) is 9.59 Å². The van der Waals surface area contributed by atoms with E-state index in [1.807, 2.05) is 6.07 Å². The molecule has 1 aromatic carbocycles. The first-order valence-electron chi connectivity index (χ1n) is 6.34. The minimum Gasteiger partial charge on any atom is -0.495 e. The topological polar surface area (TPSA) is 89.5 Å². The second-order valence-electron chi connectivity index (χ2n) is 4.19. The second kappa shape index (κ2) is 7.41. The Labute approximate surface area is 131 Å². The van der Waals surface area contributed by atoms with Crippen molar-refractivity contribution in [1.29, 1.82) is 0 Å². The largest absolute Gasteiger partial charge is 0.495 e. The zero-order valence-corrected chi connectivity index (χ0v) is 12.9. The zero-order valence-electron chi connectivity index (χ0n) is 12.1. The number of amides is 2. The van der Waals surface area contributed by atoms with Crippen molar-refractivity contribution in [2.45, 2.75) is 6.42 Å². The molecule has 116 valence electrons. The van der Waals surface area contributed by atoms with E-state index in [-0.39, 0.29) is 12.3 Å².